The Balaban J connectivity index is 3.30. The summed E-state index contributed by atoms with van der Waals surface area (Å²) >= 11 is 0. The van der Waals surface area contributed by atoms with E-state index in [0.717, 1.165) is 0 Å². The smallest absolute Gasteiger partial charge is 0.338 e. The van der Waals surface area contributed by atoms with E-state index in [0.29, 0.717) is 0 Å². The van der Waals surface area contributed by atoms with Crippen molar-refractivity contribution in [1.29, 1.82) is 0 Å². The second-order valence-corrected chi connectivity index (χ2v) is 4.51. The van der Waals surface area contributed by atoms with Crippen molar-refractivity contribution in [2.75, 3.05) is 6.61 Å². The van der Waals surface area contributed by atoms with Crippen molar-refractivity contribution in [1.82, 2.24) is 0 Å². The molecule has 88 valence electrons. The molecule has 16 heavy (non-hydrogen) atoms. The zero-order valence-electron chi connectivity index (χ0n) is 8.93. The molecule has 0 saturated heterocycles. The molecule has 0 fully saturated rings. The molecule has 0 atom stereocenters. The van der Waals surface area contributed by atoms with E-state index in [2.05, 4.69) is 0 Å². The summed E-state index contributed by atoms with van der Waals surface area (Å²) in [5.41, 5.74) is 0.320. The Kier molecular flexibility index (Phi) is 3.66. The van der Waals surface area contributed by atoms with Crippen LogP contribution >= 0.6 is 0 Å². The highest BCUT2D eigenvalue weighted by atomic mass is 32.2. The monoisotopic (exact) mass is 244 g/mol. The average Bonchev–Trinajstić information content (AvgIpc) is 2.16. The third-order valence-corrected chi connectivity index (χ3v) is 3.06. The Morgan fingerprint density at radius 3 is 2.56 bits per heavy atom. The summed E-state index contributed by atoms with van der Waals surface area (Å²) < 4.78 is 35.7. The molecular weight excluding hydrogens is 232 g/mol. The Morgan fingerprint density at radius 2 is 2.06 bits per heavy atom. The first kappa shape index (κ1) is 12.7. The maximum atomic E-state index is 11.4. The van der Waals surface area contributed by atoms with E-state index in [4.69, 9.17) is 9.29 Å². The van der Waals surface area contributed by atoms with Crippen LogP contribution in [0.15, 0.2) is 23.1 Å². The Hall–Kier alpha value is -1.40. The molecule has 0 heterocycles. The first-order valence-electron chi connectivity index (χ1n) is 4.62. The van der Waals surface area contributed by atoms with Crippen molar-refractivity contribution in [2.24, 2.45) is 0 Å². The van der Waals surface area contributed by atoms with Crippen molar-refractivity contribution in [3.63, 3.8) is 0 Å². The van der Waals surface area contributed by atoms with Gasteiger partial charge < -0.3 is 4.74 Å². The molecule has 0 aromatic heterocycles. The van der Waals surface area contributed by atoms with Gasteiger partial charge in [0.2, 0.25) is 0 Å². The van der Waals surface area contributed by atoms with Gasteiger partial charge in [0.15, 0.2) is 0 Å². The largest absolute Gasteiger partial charge is 0.462 e. The molecule has 0 spiro atoms. The molecule has 1 rings (SSSR count). The molecule has 1 aromatic rings. The number of esters is 1. The van der Waals surface area contributed by atoms with Gasteiger partial charge in [-0.05, 0) is 31.5 Å². The molecule has 0 amide bonds. The normalized spacial score (nSPS) is 11.2. The van der Waals surface area contributed by atoms with Crippen molar-refractivity contribution in [3.8, 4) is 0 Å². The fourth-order valence-electron chi connectivity index (χ4n) is 1.32. The number of hydrogen-bond donors (Lipinski definition) is 1. The Bertz CT molecular complexity index is 504. The van der Waals surface area contributed by atoms with Gasteiger partial charge in [-0.15, -0.1) is 0 Å². The lowest BCUT2D eigenvalue weighted by Crippen LogP contribution is -2.10. The highest BCUT2D eigenvalue weighted by Crippen LogP contribution is 2.19. The number of carbonyl (C=O) groups is 1. The summed E-state index contributed by atoms with van der Waals surface area (Å²) in [7, 11) is -4.31. The van der Waals surface area contributed by atoms with Gasteiger partial charge in [-0.1, -0.05) is 6.07 Å². The predicted molar refractivity (Wildman–Crippen MR) is 57.0 cm³/mol. The average molecular weight is 244 g/mol. The number of rotatable bonds is 3. The van der Waals surface area contributed by atoms with Crippen LogP contribution in [0.3, 0.4) is 0 Å². The van der Waals surface area contributed by atoms with Gasteiger partial charge in [0, 0.05) is 0 Å². The van der Waals surface area contributed by atoms with E-state index in [-0.39, 0.29) is 22.6 Å². The van der Waals surface area contributed by atoms with Crippen LogP contribution in [0.4, 0.5) is 0 Å². The van der Waals surface area contributed by atoms with Crippen LogP contribution in [0.25, 0.3) is 0 Å². The van der Waals surface area contributed by atoms with Gasteiger partial charge >= 0.3 is 5.97 Å². The highest BCUT2D eigenvalue weighted by Gasteiger charge is 2.18. The number of benzene rings is 1. The van der Waals surface area contributed by atoms with Crippen molar-refractivity contribution < 1.29 is 22.5 Å². The SMILES string of the molecule is CCOC(=O)c1cccc(S(=O)(=O)O)c1C. The standard InChI is InChI=1S/C10H12O5S/c1-3-15-10(11)8-5-4-6-9(7(8)2)16(12,13)14/h4-6H,3H2,1-2H3,(H,12,13,14). The van der Waals surface area contributed by atoms with Gasteiger partial charge in [0.1, 0.15) is 0 Å². The van der Waals surface area contributed by atoms with Crippen LogP contribution in [-0.4, -0.2) is 25.5 Å². The lowest BCUT2D eigenvalue weighted by Gasteiger charge is -2.08. The van der Waals surface area contributed by atoms with Crippen molar-refractivity contribution >= 4 is 16.1 Å². The molecule has 1 N–H and O–H groups in total. The van der Waals surface area contributed by atoms with Gasteiger partial charge in [-0.25, -0.2) is 4.79 Å². The van der Waals surface area contributed by atoms with E-state index in [9.17, 15) is 13.2 Å². The van der Waals surface area contributed by atoms with Crippen molar-refractivity contribution in [3.05, 3.63) is 29.3 Å². The first-order valence-corrected chi connectivity index (χ1v) is 6.06. The zero-order valence-corrected chi connectivity index (χ0v) is 9.74. The quantitative estimate of drug-likeness (QED) is 0.642. The van der Waals surface area contributed by atoms with Crippen LogP contribution in [0.1, 0.15) is 22.8 Å². The van der Waals surface area contributed by atoms with E-state index >= 15 is 0 Å². The van der Waals surface area contributed by atoms with Gasteiger partial charge in [-0.3, -0.25) is 4.55 Å². The maximum Gasteiger partial charge on any atom is 0.338 e. The second-order valence-electron chi connectivity index (χ2n) is 3.12. The third-order valence-electron chi connectivity index (χ3n) is 2.06. The highest BCUT2D eigenvalue weighted by molar-refractivity contribution is 7.85. The van der Waals surface area contributed by atoms with Crippen LogP contribution < -0.4 is 0 Å². The fraction of sp³-hybridized carbons (Fsp3) is 0.300. The van der Waals surface area contributed by atoms with E-state index in [1.54, 1.807) is 6.92 Å². The predicted octanol–water partition coefficient (Wildman–Crippen LogP) is 1.42. The molecule has 0 radical (unpaired) electrons. The molecular formula is C10H12O5S. The number of hydrogen-bond acceptors (Lipinski definition) is 4. The molecule has 1 aromatic carbocycles. The van der Waals surface area contributed by atoms with Crippen LogP contribution in [0.5, 0.6) is 0 Å². The molecule has 0 bridgehead atoms. The van der Waals surface area contributed by atoms with Crippen LogP contribution in [-0.2, 0) is 14.9 Å². The lowest BCUT2D eigenvalue weighted by atomic mass is 10.1. The summed E-state index contributed by atoms with van der Waals surface area (Å²) in [4.78, 5) is 11.2. The van der Waals surface area contributed by atoms with Crippen LogP contribution in [0, 0.1) is 6.92 Å². The van der Waals surface area contributed by atoms with Crippen molar-refractivity contribution in [2.45, 2.75) is 18.7 Å². The first-order chi connectivity index (χ1) is 7.38. The summed E-state index contributed by atoms with van der Waals surface area (Å²) in [6.45, 7) is 3.30. The minimum absolute atomic E-state index is 0.136. The molecule has 5 nitrogen and oxygen atoms in total. The second kappa shape index (κ2) is 4.63. The topological polar surface area (TPSA) is 80.7 Å². The van der Waals surface area contributed by atoms with E-state index in [1.165, 1.54) is 25.1 Å². The summed E-state index contributed by atoms with van der Waals surface area (Å²) in [6.07, 6.45) is 0. The molecule has 0 unspecified atom stereocenters. The van der Waals surface area contributed by atoms with E-state index < -0.39 is 16.1 Å². The fourth-order valence-corrected chi connectivity index (χ4v) is 2.07. The van der Waals surface area contributed by atoms with E-state index in [1.807, 2.05) is 0 Å². The van der Waals surface area contributed by atoms with Gasteiger partial charge in [0.25, 0.3) is 10.1 Å². The minimum atomic E-state index is -4.31. The minimum Gasteiger partial charge on any atom is -0.462 e. The van der Waals surface area contributed by atoms with Crippen LogP contribution in [0.2, 0.25) is 0 Å². The Labute approximate surface area is 93.8 Å². The molecule has 6 heteroatoms. The molecule has 0 saturated carbocycles. The summed E-state index contributed by atoms with van der Waals surface area (Å²) in [5, 5.41) is 0. The number of ether oxygens (including phenoxy) is 1. The molecule has 0 aliphatic rings. The zero-order chi connectivity index (χ0) is 12.3. The summed E-state index contributed by atoms with van der Waals surface area (Å²) in [6, 6.07) is 4.05. The third kappa shape index (κ3) is 2.59. The lowest BCUT2D eigenvalue weighted by molar-refractivity contribution is 0.0525. The molecule has 0 aliphatic heterocycles. The molecule has 0 aliphatic carbocycles. The summed E-state index contributed by atoms with van der Waals surface area (Å²) in [5.74, 6) is -0.606. The number of carbonyl (C=O) groups excluding carboxylic acids is 1. The van der Waals surface area contributed by atoms with Gasteiger partial charge in [-0.2, -0.15) is 8.42 Å². The Morgan fingerprint density at radius 1 is 1.44 bits per heavy atom. The maximum absolute atomic E-state index is 11.4. The van der Waals surface area contributed by atoms with Gasteiger partial charge in [0.05, 0.1) is 17.1 Å².